The third kappa shape index (κ3) is 8.20. The second-order valence-corrected chi connectivity index (χ2v) is 5.81. The fourth-order valence-corrected chi connectivity index (χ4v) is 2.85. The molecular weight excluding hydrogens is 387 g/mol. The Morgan fingerprint density at radius 3 is 2.44 bits per heavy atom. The molecule has 0 saturated carbocycles. The van der Waals surface area contributed by atoms with Crippen molar-refractivity contribution in [2.45, 2.75) is 20.4 Å². The molecule has 0 aliphatic carbocycles. The van der Waals surface area contributed by atoms with Gasteiger partial charge in [0, 0.05) is 32.7 Å². The normalized spacial score (nSPS) is 14.4. The van der Waals surface area contributed by atoms with Crippen molar-refractivity contribution in [1.29, 1.82) is 0 Å². The molecule has 0 amide bonds. The van der Waals surface area contributed by atoms with Gasteiger partial charge in [0.25, 0.3) is 0 Å². The molecule has 0 unspecified atom stereocenters. The minimum Gasteiger partial charge on any atom is -0.490 e. The zero-order valence-corrected chi connectivity index (χ0v) is 17.3. The molecule has 1 aliphatic rings. The van der Waals surface area contributed by atoms with Crippen LogP contribution in [-0.2, 0) is 11.3 Å². The quantitative estimate of drug-likeness (QED) is 0.626. The van der Waals surface area contributed by atoms with Crippen LogP contribution < -0.4 is 14.8 Å². The van der Waals surface area contributed by atoms with Gasteiger partial charge in [0.1, 0.15) is 0 Å². The van der Waals surface area contributed by atoms with Gasteiger partial charge >= 0.3 is 0 Å². The van der Waals surface area contributed by atoms with Gasteiger partial charge in [-0.15, -0.1) is 24.8 Å². The second-order valence-electron chi connectivity index (χ2n) is 5.40. The predicted octanol–water partition coefficient (Wildman–Crippen LogP) is 3.40. The van der Waals surface area contributed by atoms with Gasteiger partial charge in [0.2, 0.25) is 0 Å². The van der Waals surface area contributed by atoms with Gasteiger partial charge in [-0.2, -0.15) is 0 Å². The lowest BCUT2D eigenvalue weighted by molar-refractivity contribution is 0.0384. The standard InChI is InChI=1S/C17H27ClN2O3.2ClH/c1-3-22-16-12-14(11-15(18)17(16)23-4-2)13-19-5-6-20-7-9-21-10-8-20;;/h11-12,19H,3-10,13H2,1-2H3;2*1H. The number of morpholine rings is 1. The van der Waals surface area contributed by atoms with Gasteiger partial charge in [0.05, 0.1) is 31.5 Å². The maximum atomic E-state index is 6.33. The molecule has 25 heavy (non-hydrogen) atoms. The summed E-state index contributed by atoms with van der Waals surface area (Å²) in [5.74, 6) is 1.35. The Balaban J connectivity index is 0.00000288. The minimum atomic E-state index is 0. The number of halogens is 3. The summed E-state index contributed by atoms with van der Waals surface area (Å²) in [6, 6.07) is 3.94. The van der Waals surface area contributed by atoms with Crippen LogP contribution in [0, 0.1) is 0 Å². The van der Waals surface area contributed by atoms with Crippen molar-refractivity contribution < 1.29 is 14.2 Å². The Bertz CT molecular complexity index is 486. The SMILES string of the molecule is CCOc1cc(CNCCN2CCOCC2)cc(Cl)c1OCC.Cl.Cl. The Morgan fingerprint density at radius 1 is 1.12 bits per heavy atom. The molecule has 1 aromatic carbocycles. The van der Waals surface area contributed by atoms with E-state index < -0.39 is 0 Å². The van der Waals surface area contributed by atoms with Crippen LogP contribution in [0.2, 0.25) is 5.02 Å². The zero-order valence-electron chi connectivity index (χ0n) is 14.9. The van der Waals surface area contributed by atoms with Crippen LogP contribution in [0.3, 0.4) is 0 Å². The van der Waals surface area contributed by atoms with E-state index >= 15 is 0 Å². The van der Waals surface area contributed by atoms with E-state index in [4.69, 9.17) is 25.8 Å². The first-order valence-corrected chi connectivity index (χ1v) is 8.71. The molecule has 1 heterocycles. The fraction of sp³-hybridized carbons (Fsp3) is 0.647. The number of nitrogens with zero attached hydrogens (tertiary/aromatic N) is 1. The predicted molar refractivity (Wildman–Crippen MR) is 107 cm³/mol. The number of rotatable bonds is 9. The summed E-state index contributed by atoms with van der Waals surface area (Å²) in [5.41, 5.74) is 1.10. The third-order valence-corrected chi connectivity index (χ3v) is 3.98. The minimum absolute atomic E-state index is 0. The van der Waals surface area contributed by atoms with E-state index in [9.17, 15) is 0 Å². The number of ether oxygens (including phenoxy) is 3. The molecular formula is C17H29Cl3N2O3. The van der Waals surface area contributed by atoms with Gasteiger partial charge in [-0.1, -0.05) is 11.6 Å². The van der Waals surface area contributed by atoms with Gasteiger partial charge < -0.3 is 19.5 Å². The van der Waals surface area contributed by atoms with E-state index in [1.165, 1.54) is 0 Å². The van der Waals surface area contributed by atoms with Crippen molar-refractivity contribution >= 4 is 36.4 Å². The first-order valence-electron chi connectivity index (χ1n) is 8.33. The molecule has 1 aliphatic heterocycles. The average molecular weight is 416 g/mol. The van der Waals surface area contributed by atoms with E-state index in [0.29, 0.717) is 29.7 Å². The molecule has 1 N–H and O–H groups in total. The van der Waals surface area contributed by atoms with Gasteiger partial charge in [-0.3, -0.25) is 4.90 Å². The highest BCUT2D eigenvalue weighted by molar-refractivity contribution is 6.32. The van der Waals surface area contributed by atoms with E-state index in [0.717, 1.165) is 51.5 Å². The number of hydrogen-bond acceptors (Lipinski definition) is 5. The average Bonchev–Trinajstić information content (AvgIpc) is 2.56. The summed E-state index contributed by atoms with van der Waals surface area (Å²) >= 11 is 6.33. The lowest BCUT2D eigenvalue weighted by atomic mass is 10.2. The lowest BCUT2D eigenvalue weighted by Gasteiger charge is -2.26. The summed E-state index contributed by atoms with van der Waals surface area (Å²) in [6.07, 6.45) is 0. The van der Waals surface area contributed by atoms with Crippen LogP contribution in [0.25, 0.3) is 0 Å². The van der Waals surface area contributed by atoms with Crippen molar-refractivity contribution in [3.63, 3.8) is 0 Å². The van der Waals surface area contributed by atoms with E-state index in [-0.39, 0.29) is 24.8 Å². The van der Waals surface area contributed by atoms with E-state index in [1.54, 1.807) is 0 Å². The highest BCUT2D eigenvalue weighted by Crippen LogP contribution is 2.36. The van der Waals surface area contributed by atoms with Crippen molar-refractivity contribution in [3.8, 4) is 11.5 Å². The molecule has 1 aromatic rings. The summed E-state index contributed by atoms with van der Waals surface area (Å²) in [6.45, 7) is 11.5. The maximum absolute atomic E-state index is 6.33. The molecule has 0 aromatic heterocycles. The molecule has 0 spiro atoms. The molecule has 1 saturated heterocycles. The summed E-state index contributed by atoms with van der Waals surface area (Å²) in [4.78, 5) is 2.41. The van der Waals surface area contributed by atoms with Gasteiger partial charge in [-0.25, -0.2) is 0 Å². The first-order chi connectivity index (χ1) is 11.2. The highest BCUT2D eigenvalue weighted by Gasteiger charge is 2.13. The Morgan fingerprint density at radius 2 is 1.80 bits per heavy atom. The number of hydrogen-bond donors (Lipinski definition) is 1. The largest absolute Gasteiger partial charge is 0.490 e. The Hall–Kier alpha value is -0.430. The van der Waals surface area contributed by atoms with Crippen molar-refractivity contribution in [2.75, 3.05) is 52.6 Å². The molecule has 8 heteroatoms. The molecule has 0 radical (unpaired) electrons. The van der Waals surface area contributed by atoms with Crippen molar-refractivity contribution in [2.24, 2.45) is 0 Å². The van der Waals surface area contributed by atoms with E-state index in [2.05, 4.69) is 10.2 Å². The Kier molecular flexibility index (Phi) is 13.5. The van der Waals surface area contributed by atoms with E-state index in [1.807, 2.05) is 26.0 Å². The third-order valence-electron chi connectivity index (χ3n) is 3.70. The fourth-order valence-electron chi connectivity index (χ4n) is 2.57. The van der Waals surface area contributed by atoms with Crippen LogP contribution >= 0.6 is 36.4 Å². The van der Waals surface area contributed by atoms with Crippen molar-refractivity contribution in [3.05, 3.63) is 22.7 Å². The van der Waals surface area contributed by atoms with Crippen LogP contribution in [0.4, 0.5) is 0 Å². The van der Waals surface area contributed by atoms with Gasteiger partial charge in [-0.05, 0) is 31.5 Å². The van der Waals surface area contributed by atoms with Crippen molar-refractivity contribution in [1.82, 2.24) is 10.2 Å². The molecule has 0 atom stereocenters. The molecule has 0 bridgehead atoms. The van der Waals surface area contributed by atoms with Crippen LogP contribution in [0.15, 0.2) is 12.1 Å². The first kappa shape index (κ1) is 24.6. The molecule has 146 valence electrons. The highest BCUT2D eigenvalue weighted by atomic mass is 35.5. The zero-order chi connectivity index (χ0) is 16.5. The second kappa shape index (κ2) is 13.7. The van der Waals surface area contributed by atoms with Gasteiger partial charge in [0.15, 0.2) is 11.5 Å². The monoisotopic (exact) mass is 414 g/mol. The topological polar surface area (TPSA) is 43.0 Å². The Labute approximate surface area is 168 Å². The maximum Gasteiger partial charge on any atom is 0.179 e. The summed E-state index contributed by atoms with van der Waals surface area (Å²) < 4.78 is 16.6. The smallest absolute Gasteiger partial charge is 0.179 e. The van der Waals surface area contributed by atoms with Crippen LogP contribution in [-0.4, -0.2) is 57.5 Å². The lowest BCUT2D eigenvalue weighted by Crippen LogP contribution is -2.40. The van der Waals surface area contributed by atoms with Crippen LogP contribution in [0.1, 0.15) is 19.4 Å². The van der Waals surface area contributed by atoms with Crippen LogP contribution in [0.5, 0.6) is 11.5 Å². The molecule has 1 fully saturated rings. The number of nitrogens with one attached hydrogen (secondary N) is 1. The number of benzene rings is 1. The molecule has 5 nitrogen and oxygen atoms in total. The summed E-state index contributed by atoms with van der Waals surface area (Å²) in [7, 11) is 0. The molecule has 2 rings (SSSR count). The summed E-state index contributed by atoms with van der Waals surface area (Å²) in [5, 5.41) is 4.06.